The minimum absolute atomic E-state index is 0. The minimum Gasteiger partial charge on any atom is -0.496 e. The van der Waals surface area contributed by atoms with Crippen molar-refractivity contribution in [1.29, 1.82) is 0 Å². The van der Waals surface area contributed by atoms with Gasteiger partial charge in [-0.2, -0.15) is 0 Å². The second kappa shape index (κ2) is 8.39. The minimum atomic E-state index is -0.105. The summed E-state index contributed by atoms with van der Waals surface area (Å²) in [5, 5.41) is 2.90. The smallest absolute Gasteiger partial charge is 0.252 e. The molecule has 4 nitrogen and oxygen atoms in total. The molecular formula is C17H21ClN2O2. The molecule has 1 heterocycles. The van der Waals surface area contributed by atoms with Crippen LogP contribution in [0.5, 0.6) is 5.75 Å². The van der Waals surface area contributed by atoms with Gasteiger partial charge in [0.2, 0.25) is 0 Å². The Morgan fingerprint density at radius 2 is 2.09 bits per heavy atom. The van der Waals surface area contributed by atoms with Gasteiger partial charge in [-0.3, -0.25) is 9.78 Å². The summed E-state index contributed by atoms with van der Waals surface area (Å²) in [7, 11) is 1.68. The van der Waals surface area contributed by atoms with Gasteiger partial charge in [-0.05, 0) is 43.5 Å². The monoisotopic (exact) mass is 320 g/mol. The molecule has 0 atom stereocenters. The molecule has 0 aliphatic heterocycles. The molecule has 22 heavy (non-hydrogen) atoms. The van der Waals surface area contributed by atoms with Gasteiger partial charge in [0.15, 0.2) is 0 Å². The van der Waals surface area contributed by atoms with Gasteiger partial charge in [-0.1, -0.05) is 17.7 Å². The molecule has 0 bridgehead atoms. The maximum atomic E-state index is 11.9. The summed E-state index contributed by atoms with van der Waals surface area (Å²) >= 11 is 0. The summed E-state index contributed by atoms with van der Waals surface area (Å²) in [6.45, 7) is 4.65. The van der Waals surface area contributed by atoms with Crippen molar-refractivity contribution in [2.75, 3.05) is 13.7 Å². The van der Waals surface area contributed by atoms with E-state index in [4.69, 9.17) is 4.74 Å². The molecule has 5 heteroatoms. The summed E-state index contributed by atoms with van der Waals surface area (Å²) in [5.41, 5.74) is 4.00. The van der Waals surface area contributed by atoms with Gasteiger partial charge in [0.1, 0.15) is 5.75 Å². The summed E-state index contributed by atoms with van der Waals surface area (Å²) in [6, 6.07) is 7.69. The molecule has 0 fully saturated rings. The van der Waals surface area contributed by atoms with Crippen LogP contribution in [0, 0.1) is 13.8 Å². The van der Waals surface area contributed by atoms with Gasteiger partial charge < -0.3 is 10.1 Å². The first-order valence-electron chi connectivity index (χ1n) is 6.94. The van der Waals surface area contributed by atoms with Crippen LogP contribution in [0.2, 0.25) is 0 Å². The van der Waals surface area contributed by atoms with Crippen LogP contribution in [-0.2, 0) is 6.42 Å². The van der Waals surface area contributed by atoms with Crippen LogP contribution in [0.4, 0.5) is 0 Å². The van der Waals surface area contributed by atoms with E-state index >= 15 is 0 Å². The number of methoxy groups -OCH3 is 1. The molecule has 118 valence electrons. The van der Waals surface area contributed by atoms with Crippen LogP contribution < -0.4 is 10.1 Å². The lowest BCUT2D eigenvalue weighted by molar-refractivity contribution is 0.0953. The third kappa shape index (κ3) is 4.46. The van der Waals surface area contributed by atoms with E-state index < -0.39 is 0 Å². The lowest BCUT2D eigenvalue weighted by Crippen LogP contribution is -2.25. The highest BCUT2D eigenvalue weighted by molar-refractivity contribution is 5.93. The number of carbonyl (C=O) groups is 1. The van der Waals surface area contributed by atoms with Crippen molar-refractivity contribution in [3.05, 3.63) is 58.9 Å². The third-order valence-corrected chi connectivity index (χ3v) is 3.30. The highest BCUT2D eigenvalue weighted by atomic mass is 35.5. The fraction of sp³-hybridized carbons (Fsp3) is 0.294. The van der Waals surface area contributed by atoms with Crippen molar-refractivity contribution in [1.82, 2.24) is 10.3 Å². The maximum Gasteiger partial charge on any atom is 0.252 e. The van der Waals surface area contributed by atoms with E-state index in [0.717, 1.165) is 23.3 Å². The van der Waals surface area contributed by atoms with Gasteiger partial charge >= 0.3 is 0 Å². The molecule has 0 spiro atoms. The van der Waals surface area contributed by atoms with Crippen LogP contribution in [-0.4, -0.2) is 24.5 Å². The Kier molecular flexibility index (Phi) is 6.86. The number of aryl methyl sites for hydroxylation is 2. The quantitative estimate of drug-likeness (QED) is 0.921. The van der Waals surface area contributed by atoms with E-state index in [9.17, 15) is 4.79 Å². The molecule has 0 aliphatic carbocycles. The normalized spacial score (nSPS) is 9.77. The second-order valence-electron chi connectivity index (χ2n) is 5.02. The topological polar surface area (TPSA) is 51.2 Å². The molecule has 0 saturated heterocycles. The number of ether oxygens (including phenoxy) is 1. The van der Waals surface area contributed by atoms with Crippen molar-refractivity contribution in [2.24, 2.45) is 0 Å². The molecule has 0 aliphatic rings. The van der Waals surface area contributed by atoms with Gasteiger partial charge in [-0.15, -0.1) is 12.4 Å². The molecule has 0 radical (unpaired) electrons. The van der Waals surface area contributed by atoms with Gasteiger partial charge in [0.25, 0.3) is 5.91 Å². The first kappa shape index (κ1) is 18.0. The summed E-state index contributed by atoms with van der Waals surface area (Å²) in [6.07, 6.45) is 3.95. The largest absolute Gasteiger partial charge is 0.496 e. The van der Waals surface area contributed by atoms with Crippen molar-refractivity contribution in [2.45, 2.75) is 20.3 Å². The lowest BCUT2D eigenvalue weighted by atomic mass is 10.0. The average molecular weight is 321 g/mol. The van der Waals surface area contributed by atoms with E-state index in [1.54, 1.807) is 31.6 Å². The standard InChI is InChI=1S/C17H20N2O2.ClH/c1-12-9-13(2)16(21-3)14(10-12)6-8-19-17(20)15-5-4-7-18-11-15;/h4-5,7,9-11H,6,8H2,1-3H3,(H,19,20);1H. The van der Waals surface area contributed by atoms with Gasteiger partial charge in [0.05, 0.1) is 12.7 Å². The Bertz CT molecular complexity index is 630. The zero-order valence-electron chi connectivity index (χ0n) is 13.1. The third-order valence-electron chi connectivity index (χ3n) is 3.30. The van der Waals surface area contributed by atoms with Gasteiger partial charge in [-0.25, -0.2) is 0 Å². The highest BCUT2D eigenvalue weighted by Crippen LogP contribution is 2.25. The summed E-state index contributed by atoms with van der Waals surface area (Å²) in [4.78, 5) is 15.9. The number of benzene rings is 1. The van der Waals surface area contributed by atoms with E-state index in [1.807, 2.05) is 6.92 Å². The number of nitrogens with one attached hydrogen (secondary N) is 1. The Morgan fingerprint density at radius 3 is 2.73 bits per heavy atom. The van der Waals surface area contributed by atoms with Gasteiger partial charge in [0, 0.05) is 18.9 Å². The van der Waals surface area contributed by atoms with Crippen molar-refractivity contribution < 1.29 is 9.53 Å². The Balaban J connectivity index is 0.00000242. The average Bonchev–Trinajstić information content (AvgIpc) is 2.47. The van der Waals surface area contributed by atoms with Crippen LogP contribution in [0.15, 0.2) is 36.7 Å². The molecule has 0 unspecified atom stereocenters. The maximum absolute atomic E-state index is 11.9. The van der Waals surface area contributed by atoms with Crippen molar-refractivity contribution in [3.8, 4) is 5.75 Å². The Morgan fingerprint density at radius 1 is 1.32 bits per heavy atom. The summed E-state index contributed by atoms with van der Waals surface area (Å²) in [5.74, 6) is 0.794. The van der Waals surface area contributed by atoms with Crippen LogP contribution in [0.3, 0.4) is 0 Å². The number of pyridine rings is 1. The number of aromatic nitrogens is 1. The zero-order valence-corrected chi connectivity index (χ0v) is 13.9. The first-order valence-corrected chi connectivity index (χ1v) is 6.94. The molecule has 1 aromatic carbocycles. The van der Waals surface area contributed by atoms with Crippen LogP contribution >= 0.6 is 12.4 Å². The molecule has 1 N–H and O–H groups in total. The zero-order chi connectivity index (χ0) is 15.2. The fourth-order valence-corrected chi connectivity index (χ4v) is 2.43. The van der Waals surface area contributed by atoms with Crippen molar-refractivity contribution in [3.63, 3.8) is 0 Å². The summed E-state index contributed by atoms with van der Waals surface area (Å²) < 4.78 is 5.45. The number of halogens is 1. The van der Waals surface area contributed by atoms with Crippen LogP contribution in [0.1, 0.15) is 27.0 Å². The lowest BCUT2D eigenvalue weighted by Gasteiger charge is -2.13. The van der Waals surface area contributed by atoms with Crippen molar-refractivity contribution >= 4 is 18.3 Å². The number of rotatable bonds is 5. The number of hydrogen-bond acceptors (Lipinski definition) is 3. The number of nitrogens with zero attached hydrogens (tertiary/aromatic N) is 1. The van der Waals surface area contributed by atoms with Crippen LogP contribution in [0.25, 0.3) is 0 Å². The molecule has 2 rings (SSSR count). The predicted molar refractivity (Wildman–Crippen MR) is 90.0 cm³/mol. The SMILES string of the molecule is COc1c(C)cc(C)cc1CCNC(=O)c1cccnc1.Cl. The predicted octanol–water partition coefficient (Wildman–Crippen LogP) is 3.10. The number of amides is 1. The molecule has 0 saturated carbocycles. The Labute approximate surface area is 137 Å². The first-order chi connectivity index (χ1) is 10.1. The molecule has 2 aromatic rings. The highest BCUT2D eigenvalue weighted by Gasteiger charge is 2.09. The Hall–Kier alpha value is -2.07. The van der Waals surface area contributed by atoms with E-state index in [1.165, 1.54) is 5.56 Å². The van der Waals surface area contributed by atoms with E-state index in [2.05, 4.69) is 29.4 Å². The fourth-order valence-electron chi connectivity index (χ4n) is 2.43. The molecule has 1 amide bonds. The van der Waals surface area contributed by atoms with E-state index in [0.29, 0.717) is 12.1 Å². The second-order valence-corrected chi connectivity index (χ2v) is 5.02. The molecule has 1 aromatic heterocycles. The molecular weight excluding hydrogens is 300 g/mol. The number of carbonyl (C=O) groups excluding carboxylic acids is 1. The number of hydrogen-bond donors (Lipinski definition) is 1. The van der Waals surface area contributed by atoms with E-state index in [-0.39, 0.29) is 18.3 Å².